The van der Waals surface area contributed by atoms with E-state index < -0.39 is 0 Å². The molecule has 1 atom stereocenters. The maximum absolute atomic E-state index is 12.5. The summed E-state index contributed by atoms with van der Waals surface area (Å²) >= 11 is 3.44. The van der Waals surface area contributed by atoms with Gasteiger partial charge in [-0.05, 0) is 50.0 Å². The number of methoxy groups -OCH3 is 1. The van der Waals surface area contributed by atoms with Crippen LogP contribution >= 0.6 is 15.9 Å². The first-order valence-electron chi connectivity index (χ1n) is 7.47. The fourth-order valence-electron chi connectivity index (χ4n) is 3.40. The summed E-state index contributed by atoms with van der Waals surface area (Å²) in [6.45, 7) is 3.37. The second-order valence-corrected chi connectivity index (χ2v) is 6.44. The van der Waals surface area contributed by atoms with Crippen molar-refractivity contribution in [2.75, 3.05) is 26.7 Å². The molecule has 3 aliphatic heterocycles. The lowest BCUT2D eigenvalue weighted by Crippen LogP contribution is -2.57. The van der Waals surface area contributed by atoms with Gasteiger partial charge in [-0.3, -0.25) is 4.79 Å². The van der Waals surface area contributed by atoms with Gasteiger partial charge in [0, 0.05) is 29.0 Å². The predicted octanol–water partition coefficient (Wildman–Crippen LogP) is 2.41. The second kappa shape index (κ2) is 6.36. The van der Waals surface area contributed by atoms with Crippen molar-refractivity contribution in [2.24, 2.45) is 5.92 Å². The first-order chi connectivity index (χ1) is 10.2. The Labute approximate surface area is 134 Å². The van der Waals surface area contributed by atoms with E-state index in [1.165, 1.54) is 25.9 Å². The van der Waals surface area contributed by atoms with E-state index in [4.69, 9.17) is 4.74 Å². The van der Waals surface area contributed by atoms with Crippen LogP contribution in [0.4, 0.5) is 0 Å². The number of rotatable bonds is 4. The topological polar surface area (TPSA) is 41.6 Å². The maximum atomic E-state index is 12.5. The molecule has 3 heterocycles. The molecule has 4 nitrogen and oxygen atoms in total. The molecule has 2 bridgehead atoms. The average molecular weight is 353 g/mol. The summed E-state index contributed by atoms with van der Waals surface area (Å²) in [7, 11) is 1.65. The number of piperidine rings is 3. The third-order valence-electron chi connectivity index (χ3n) is 4.66. The van der Waals surface area contributed by atoms with Gasteiger partial charge in [0.15, 0.2) is 0 Å². The van der Waals surface area contributed by atoms with Crippen molar-refractivity contribution in [1.82, 2.24) is 10.2 Å². The monoisotopic (exact) mass is 352 g/mol. The summed E-state index contributed by atoms with van der Waals surface area (Å²) in [6.07, 6.45) is 2.42. The third-order valence-corrected chi connectivity index (χ3v) is 5.26. The molecule has 0 spiro atoms. The zero-order valence-electron chi connectivity index (χ0n) is 12.3. The van der Waals surface area contributed by atoms with Crippen LogP contribution in [0.1, 0.15) is 28.8 Å². The van der Waals surface area contributed by atoms with E-state index in [9.17, 15) is 4.79 Å². The van der Waals surface area contributed by atoms with E-state index in [-0.39, 0.29) is 5.91 Å². The Morgan fingerprint density at radius 2 is 2.19 bits per heavy atom. The number of halogens is 1. The molecule has 5 heteroatoms. The number of hydrogen-bond donors (Lipinski definition) is 1. The standard InChI is InChI=1S/C16H21BrN2O2/c1-21-15-3-2-12(8-13(15)9-17)16(20)18-14-10-19-6-4-11(14)5-7-19/h2-3,8,11,14H,4-7,9-10H2,1H3,(H,18,20). The molecule has 0 aromatic heterocycles. The van der Waals surface area contributed by atoms with Gasteiger partial charge >= 0.3 is 0 Å². The smallest absolute Gasteiger partial charge is 0.251 e. The highest BCUT2D eigenvalue weighted by molar-refractivity contribution is 9.08. The highest BCUT2D eigenvalue weighted by Gasteiger charge is 2.34. The van der Waals surface area contributed by atoms with Crippen LogP contribution in [-0.4, -0.2) is 43.6 Å². The molecule has 1 amide bonds. The summed E-state index contributed by atoms with van der Waals surface area (Å²) in [5, 5.41) is 3.90. The number of nitrogens with one attached hydrogen (secondary N) is 1. The summed E-state index contributed by atoms with van der Waals surface area (Å²) < 4.78 is 5.29. The van der Waals surface area contributed by atoms with E-state index in [0.29, 0.717) is 22.9 Å². The van der Waals surface area contributed by atoms with Gasteiger partial charge in [0.25, 0.3) is 5.91 Å². The SMILES string of the molecule is COc1ccc(C(=O)NC2CN3CCC2CC3)cc1CBr. The van der Waals surface area contributed by atoms with Gasteiger partial charge in [-0.1, -0.05) is 15.9 Å². The van der Waals surface area contributed by atoms with Crippen LogP contribution in [0.5, 0.6) is 5.75 Å². The van der Waals surface area contributed by atoms with Crippen molar-refractivity contribution in [1.29, 1.82) is 0 Å². The molecule has 1 aromatic carbocycles. The average Bonchev–Trinajstić information content (AvgIpc) is 2.55. The summed E-state index contributed by atoms with van der Waals surface area (Å²) in [5.74, 6) is 1.48. The summed E-state index contributed by atoms with van der Waals surface area (Å²) in [6, 6.07) is 5.91. The zero-order chi connectivity index (χ0) is 14.8. The Morgan fingerprint density at radius 1 is 1.43 bits per heavy atom. The number of alkyl halides is 1. The number of amides is 1. The highest BCUT2D eigenvalue weighted by atomic mass is 79.9. The number of benzene rings is 1. The van der Waals surface area contributed by atoms with E-state index in [2.05, 4.69) is 26.1 Å². The summed E-state index contributed by atoms with van der Waals surface area (Å²) in [5.41, 5.74) is 1.71. The minimum atomic E-state index is 0.0265. The number of fused-ring (bicyclic) bond motifs is 3. The van der Waals surface area contributed by atoms with E-state index in [1.54, 1.807) is 7.11 Å². The number of hydrogen-bond acceptors (Lipinski definition) is 3. The van der Waals surface area contributed by atoms with Gasteiger partial charge in [0.2, 0.25) is 0 Å². The van der Waals surface area contributed by atoms with E-state index in [0.717, 1.165) is 17.9 Å². The molecule has 0 saturated carbocycles. The molecular weight excluding hydrogens is 332 g/mol. The Kier molecular flexibility index (Phi) is 4.50. The van der Waals surface area contributed by atoms with E-state index in [1.807, 2.05) is 18.2 Å². The molecule has 0 radical (unpaired) electrons. The number of ether oxygens (including phenoxy) is 1. The van der Waals surface area contributed by atoms with Crippen molar-refractivity contribution < 1.29 is 9.53 Å². The van der Waals surface area contributed by atoms with Crippen LogP contribution in [-0.2, 0) is 5.33 Å². The quantitative estimate of drug-likeness (QED) is 0.846. The maximum Gasteiger partial charge on any atom is 0.251 e. The van der Waals surface area contributed by atoms with E-state index >= 15 is 0 Å². The first-order valence-corrected chi connectivity index (χ1v) is 8.59. The molecule has 1 N–H and O–H groups in total. The van der Waals surface area contributed by atoms with Crippen LogP contribution in [0.25, 0.3) is 0 Å². The molecule has 1 aromatic rings. The Bertz CT molecular complexity index is 527. The lowest BCUT2D eigenvalue weighted by molar-refractivity contribution is 0.0620. The van der Waals surface area contributed by atoms with Crippen molar-refractivity contribution >= 4 is 21.8 Å². The highest BCUT2D eigenvalue weighted by Crippen LogP contribution is 2.28. The van der Waals surface area contributed by atoms with Gasteiger partial charge < -0.3 is 15.0 Å². The van der Waals surface area contributed by atoms with Gasteiger partial charge in [-0.25, -0.2) is 0 Å². The van der Waals surface area contributed by atoms with Crippen LogP contribution < -0.4 is 10.1 Å². The van der Waals surface area contributed by atoms with Crippen LogP contribution in [0.3, 0.4) is 0 Å². The number of carbonyl (C=O) groups is 1. The molecule has 1 unspecified atom stereocenters. The molecule has 3 aliphatic rings. The Morgan fingerprint density at radius 3 is 2.76 bits per heavy atom. The number of carbonyl (C=O) groups excluding carboxylic acids is 1. The normalized spacial score (nSPS) is 27.4. The number of nitrogens with zero attached hydrogens (tertiary/aromatic N) is 1. The van der Waals surface area contributed by atoms with Crippen LogP contribution in [0.2, 0.25) is 0 Å². The fraction of sp³-hybridized carbons (Fsp3) is 0.562. The molecule has 0 aliphatic carbocycles. The van der Waals surface area contributed by atoms with Crippen molar-refractivity contribution in [3.8, 4) is 5.75 Å². The van der Waals surface area contributed by atoms with Gasteiger partial charge in [0.1, 0.15) is 5.75 Å². The van der Waals surface area contributed by atoms with Crippen LogP contribution in [0, 0.1) is 5.92 Å². The minimum absolute atomic E-state index is 0.0265. The van der Waals surface area contributed by atoms with Gasteiger partial charge in [-0.15, -0.1) is 0 Å². The zero-order valence-corrected chi connectivity index (χ0v) is 13.9. The van der Waals surface area contributed by atoms with Gasteiger partial charge in [0.05, 0.1) is 7.11 Å². The molecule has 114 valence electrons. The fourth-order valence-corrected chi connectivity index (χ4v) is 3.84. The predicted molar refractivity (Wildman–Crippen MR) is 86.0 cm³/mol. The minimum Gasteiger partial charge on any atom is -0.496 e. The van der Waals surface area contributed by atoms with Gasteiger partial charge in [-0.2, -0.15) is 0 Å². The second-order valence-electron chi connectivity index (χ2n) is 5.88. The summed E-state index contributed by atoms with van der Waals surface area (Å²) in [4.78, 5) is 14.9. The van der Waals surface area contributed by atoms with Crippen molar-refractivity contribution in [3.05, 3.63) is 29.3 Å². The largest absolute Gasteiger partial charge is 0.496 e. The lowest BCUT2D eigenvalue weighted by atomic mass is 9.84. The molecular formula is C16H21BrN2O2. The molecule has 3 saturated heterocycles. The molecule has 21 heavy (non-hydrogen) atoms. The molecule has 4 rings (SSSR count). The Balaban J connectivity index is 1.70. The van der Waals surface area contributed by atoms with Crippen molar-refractivity contribution in [3.63, 3.8) is 0 Å². The lowest BCUT2D eigenvalue weighted by Gasteiger charge is -2.44. The first kappa shape index (κ1) is 14.9. The third kappa shape index (κ3) is 3.09. The van der Waals surface area contributed by atoms with Crippen LogP contribution in [0.15, 0.2) is 18.2 Å². The Hall–Kier alpha value is -1.07. The molecule has 3 fully saturated rings. The van der Waals surface area contributed by atoms with Crippen molar-refractivity contribution in [2.45, 2.75) is 24.2 Å².